The van der Waals surface area contributed by atoms with Gasteiger partial charge in [-0.1, -0.05) is 78.3 Å². The van der Waals surface area contributed by atoms with Crippen molar-refractivity contribution in [2.24, 2.45) is 7.05 Å². The van der Waals surface area contributed by atoms with Crippen LogP contribution in [0, 0.1) is 0 Å². The lowest BCUT2D eigenvalue weighted by Gasteiger charge is -2.37. The molecule has 6 aromatic carbocycles. The molecular weight excluding hydrogens is 1780 g/mol. The van der Waals surface area contributed by atoms with Gasteiger partial charge >= 0.3 is 18.1 Å². The van der Waals surface area contributed by atoms with Crippen molar-refractivity contribution >= 4 is 181 Å². The first-order valence-electron chi connectivity index (χ1n) is 41.1. The Morgan fingerprint density at radius 3 is 1.20 bits per heavy atom. The molecule has 5 aliphatic heterocycles. The summed E-state index contributed by atoms with van der Waals surface area (Å²) in [6, 6.07) is 24.2. The fraction of sp³-hybridized carbons (Fsp3) is 0.278. The van der Waals surface area contributed by atoms with Crippen LogP contribution in [0.15, 0.2) is 160 Å². The van der Waals surface area contributed by atoms with Crippen molar-refractivity contribution < 1.29 is 66.8 Å². The van der Waals surface area contributed by atoms with E-state index in [1.807, 2.05) is 0 Å². The summed E-state index contributed by atoms with van der Waals surface area (Å²) in [5.41, 5.74) is 7.22. The SMILES string of the molecule is C=CC(=O)Nc1cc(C(=O)NC2CCN(C)CC2)ccc1Nc1ncc2c(n1)N(C)C(=O)N(c1c(Cl)c(OC)cc(OC)c1Cl)C2.C=CC(=O)Nc1cc(C(=O)NC2CCN(C)CC2)ccc1Nc1ncc2c(n1)N(C)C(=O)N(c1cc(OC)cc(OC)c1)C2.C=CC(=O)Nc1ccccc1Nc1ncc2c(n1)N(Cc1cnn(C)c1)C(=O)N(c1c(Cl)c(OC)cc(OC)c1Cl)C2. The predicted molar refractivity (Wildman–Crippen MR) is 507 cm³/mol. The van der Waals surface area contributed by atoms with E-state index < -0.39 is 23.9 Å². The van der Waals surface area contributed by atoms with E-state index in [4.69, 9.17) is 79.8 Å². The molecule has 38 nitrogen and oxygen atoms in total. The summed E-state index contributed by atoms with van der Waals surface area (Å²) in [5.74, 6) is 2.31. The zero-order chi connectivity index (χ0) is 94.5. The highest BCUT2D eigenvalue weighted by molar-refractivity contribution is 6.43. The maximum absolute atomic E-state index is 14.2. The first-order valence-corrected chi connectivity index (χ1v) is 42.6. The summed E-state index contributed by atoms with van der Waals surface area (Å²) in [7, 11) is 18.0. The number of hydrogen-bond donors (Lipinski definition) is 8. The third-order valence-corrected chi connectivity index (χ3v) is 23.4. The number of fused-ring (bicyclic) bond motifs is 3. The molecule has 2 saturated heterocycles. The van der Waals surface area contributed by atoms with Crippen LogP contribution in [0.2, 0.25) is 20.1 Å². The van der Waals surface area contributed by atoms with Crippen LogP contribution in [0.4, 0.5) is 101 Å². The number of nitrogens with one attached hydrogen (secondary N) is 8. The summed E-state index contributed by atoms with van der Waals surface area (Å²) in [6.45, 7) is 14.7. The normalized spacial score (nSPS) is 14.4. The van der Waals surface area contributed by atoms with Gasteiger partial charge in [-0.3, -0.25) is 58.1 Å². The van der Waals surface area contributed by atoms with E-state index in [0.29, 0.717) is 114 Å². The second kappa shape index (κ2) is 42.3. The van der Waals surface area contributed by atoms with Crippen LogP contribution in [0.5, 0.6) is 34.5 Å². The van der Waals surface area contributed by atoms with Gasteiger partial charge in [-0.15, -0.1) is 0 Å². The van der Waals surface area contributed by atoms with E-state index in [1.54, 1.807) is 167 Å². The smallest absolute Gasteiger partial charge is 0.330 e. The number of carbonyl (C=O) groups is 8. The average Bonchev–Trinajstić information content (AvgIpc) is 0.824. The highest BCUT2D eigenvalue weighted by Crippen LogP contribution is 2.51. The van der Waals surface area contributed by atoms with Gasteiger partial charge in [0.15, 0.2) is 0 Å². The van der Waals surface area contributed by atoms with Gasteiger partial charge in [0.2, 0.25) is 35.6 Å². The number of likely N-dealkylation sites (tertiary alicyclic amines) is 2. The van der Waals surface area contributed by atoms with Crippen molar-refractivity contribution in [2.45, 2.75) is 63.9 Å². The number of piperidine rings is 2. The molecule has 15 rings (SSSR count). The summed E-state index contributed by atoms with van der Waals surface area (Å²) in [4.78, 5) is 144. The molecule has 0 atom stereocenters. The first kappa shape index (κ1) is 95.0. The van der Waals surface area contributed by atoms with Crippen molar-refractivity contribution in [1.29, 1.82) is 0 Å². The van der Waals surface area contributed by atoms with Gasteiger partial charge in [0.1, 0.15) is 72.0 Å². The molecule has 8 N–H and O–H groups in total. The molecule has 11 amide bonds. The first-order chi connectivity index (χ1) is 63.4. The van der Waals surface area contributed by atoms with Gasteiger partial charge in [-0.05, 0) is 133 Å². The largest absolute Gasteiger partial charge is 0.497 e. The van der Waals surface area contributed by atoms with E-state index in [0.717, 1.165) is 75.1 Å². The van der Waals surface area contributed by atoms with Crippen LogP contribution in [0.3, 0.4) is 0 Å². The lowest BCUT2D eigenvalue weighted by Crippen LogP contribution is -2.47. The Hall–Kier alpha value is -14.6. The lowest BCUT2D eigenvalue weighted by molar-refractivity contribution is -0.112. The molecule has 688 valence electrons. The van der Waals surface area contributed by atoms with Crippen LogP contribution < -0.4 is 100 Å². The Kier molecular flexibility index (Phi) is 30.5. The second-order valence-electron chi connectivity index (χ2n) is 30.7. The molecule has 0 spiro atoms. The minimum Gasteiger partial charge on any atom is -0.497 e. The zero-order valence-corrected chi connectivity index (χ0v) is 76.9. The highest BCUT2D eigenvalue weighted by Gasteiger charge is 2.40. The van der Waals surface area contributed by atoms with Crippen molar-refractivity contribution in [2.75, 3.05) is 158 Å². The van der Waals surface area contributed by atoms with Gasteiger partial charge in [0, 0.05) is 122 Å². The number of urea groups is 3. The third kappa shape index (κ3) is 21.6. The van der Waals surface area contributed by atoms with Gasteiger partial charge in [-0.25, -0.2) is 29.3 Å². The van der Waals surface area contributed by atoms with Crippen molar-refractivity contribution in [1.82, 2.24) is 60.1 Å². The van der Waals surface area contributed by atoms with Crippen LogP contribution in [-0.4, -0.2) is 206 Å². The number of amides is 11. The van der Waals surface area contributed by atoms with Gasteiger partial charge in [0.25, 0.3) is 11.8 Å². The molecule has 42 heteroatoms. The van der Waals surface area contributed by atoms with Crippen molar-refractivity contribution in [3.63, 3.8) is 0 Å². The molecule has 0 unspecified atom stereocenters. The fourth-order valence-corrected chi connectivity index (χ4v) is 16.3. The number of para-hydroxylation sites is 2. The quantitative estimate of drug-likeness (QED) is 0.0222. The predicted octanol–water partition coefficient (Wildman–Crippen LogP) is 14.4. The van der Waals surface area contributed by atoms with E-state index in [1.165, 1.54) is 59.0 Å². The van der Waals surface area contributed by atoms with Crippen LogP contribution in [0.1, 0.15) is 68.7 Å². The number of methoxy groups -OCH3 is 6. The molecule has 9 heterocycles. The summed E-state index contributed by atoms with van der Waals surface area (Å²) in [5, 5.41) is 28.6. The van der Waals surface area contributed by atoms with Gasteiger partial charge in [0.05, 0.1) is 126 Å². The molecule has 0 saturated carbocycles. The number of hydrogen-bond acceptors (Lipinski definition) is 26. The number of aromatic nitrogens is 8. The Morgan fingerprint density at radius 2 is 0.811 bits per heavy atom. The minimum atomic E-state index is -0.459. The number of nitrogens with zero attached hydrogens (tertiary/aromatic N) is 16. The molecule has 10 aromatic rings. The number of ether oxygens (including phenoxy) is 6. The van der Waals surface area contributed by atoms with Gasteiger partial charge in [-0.2, -0.15) is 20.1 Å². The summed E-state index contributed by atoms with van der Waals surface area (Å²) >= 11 is 26.6. The van der Waals surface area contributed by atoms with E-state index in [-0.39, 0.29) is 111 Å². The van der Waals surface area contributed by atoms with E-state index >= 15 is 0 Å². The zero-order valence-electron chi connectivity index (χ0n) is 73.9. The van der Waals surface area contributed by atoms with Crippen LogP contribution >= 0.6 is 46.4 Å². The lowest BCUT2D eigenvalue weighted by atomic mass is 10.0. The molecule has 5 aliphatic rings. The highest BCUT2D eigenvalue weighted by atomic mass is 35.5. The standard InChI is InChI=1S/C31H34Cl2N8O5.C31H36N8O5.C28H26Cl2N8O4/c1-6-24(42)36-21-13-17(29(43)35-19-9-11-39(2)12-10-19)7-8-20(21)37-30-34-15-18-16-41(31(44)40(3)28(18)38-30)27-25(32)22(45-4)14-23(46-5)26(27)33;1-6-27(40)34-26-13-19(29(41)33-21-9-11-37(2)12-10-21)7-8-25(26)35-30-32-17-20-18-39(31(42)38(3)28(20)36-30)22-14-23(43-4)16-24(15-22)44-5;1-5-22(39)33-18-8-6-7-9-19(18)34-27-31-12-17-15-37(25-23(29)20(41-3)10-21(42-4)24(25)30)28(40)38(26(17)35-27)14-16-11-32-36(2)13-16/h6-8,13-15,19H,1,9-12,16H2,2-5H3,(H,35,43)(H,36,42)(H,34,37,38);6-8,13-17,21H,1,9-12,18H2,2-5H3,(H,33,41)(H,34,40)(H,32,35,36);5-13H,1,14-15H2,2-4H3,(H,33,39)(H,31,34,35). The van der Waals surface area contributed by atoms with Crippen LogP contribution in [-0.2, 0) is 47.6 Å². The van der Waals surface area contributed by atoms with Crippen molar-refractivity contribution in [3.05, 3.63) is 213 Å². The molecule has 132 heavy (non-hydrogen) atoms. The van der Waals surface area contributed by atoms with E-state index in [9.17, 15) is 38.4 Å². The maximum atomic E-state index is 14.2. The third-order valence-electron chi connectivity index (χ3n) is 22.0. The number of benzene rings is 6. The Morgan fingerprint density at radius 1 is 0.439 bits per heavy atom. The summed E-state index contributed by atoms with van der Waals surface area (Å²) in [6.07, 6.45) is 15.2. The molecule has 0 bridgehead atoms. The number of carbonyl (C=O) groups excluding carboxylic acids is 8. The number of anilines is 15. The Balaban J connectivity index is 0.000000168. The van der Waals surface area contributed by atoms with Crippen LogP contribution in [0.25, 0.3) is 0 Å². The Bertz CT molecular complexity index is 6050. The fourth-order valence-electron chi connectivity index (χ4n) is 14.9. The topological polar surface area (TPSA) is 409 Å². The molecular formula is C90H96Cl4N24O14. The van der Waals surface area contributed by atoms with Gasteiger partial charge < -0.3 is 80.8 Å². The van der Waals surface area contributed by atoms with Crippen molar-refractivity contribution in [3.8, 4) is 34.5 Å². The molecule has 2 fully saturated rings. The molecule has 0 aliphatic carbocycles. The second-order valence-corrected chi connectivity index (χ2v) is 32.2. The average molecular weight is 1880 g/mol. The molecule has 0 radical (unpaired) electrons. The monoisotopic (exact) mass is 1880 g/mol. The number of aryl methyl sites for hydroxylation is 1. The number of halogens is 4. The molecule has 4 aromatic heterocycles. The van der Waals surface area contributed by atoms with E-state index in [2.05, 4.69) is 116 Å². The summed E-state index contributed by atoms with van der Waals surface area (Å²) < 4.78 is 34.0. The maximum Gasteiger partial charge on any atom is 0.330 e. The number of rotatable bonds is 27. The minimum absolute atomic E-state index is 0.0658. The Labute approximate surface area is 780 Å².